The first-order valence-electron chi connectivity index (χ1n) is 5.12. The molecule has 0 unspecified atom stereocenters. The molecular formula is C12H16FN3. The molecule has 0 aliphatic carbocycles. The summed E-state index contributed by atoms with van der Waals surface area (Å²) >= 11 is 0. The highest BCUT2D eigenvalue weighted by Crippen LogP contribution is 2.14. The highest BCUT2D eigenvalue weighted by Gasteiger charge is 2.10. The molecule has 16 heavy (non-hydrogen) atoms. The van der Waals surface area contributed by atoms with E-state index in [0.29, 0.717) is 17.9 Å². The fraction of sp³-hybridized carbons (Fsp3) is 0.333. The Bertz CT molecular complexity index is 411. The van der Waals surface area contributed by atoms with Crippen LogP contribution in [-0.2, 0) is 6.42 Å². The quantitative estimate of drug-likeness (QED) is 0.730. The second-order valence-electron chi connectivity index (χ2n) is 3.52. The van der Waals surface area contributed by atoms with Gasteiger partial charge in [0.15, 0.2) is 11.6 Å². The van der Waals surface area contributed by atoms with E-state index in [4.69, 9.17) is 0 Å². The van der Waals surface area contributed by atoms with Crippen LogP contribution in [0.4, 0.5) is 4.39 Å². The maximum atomic E-state index is 13.2. The largest absolute Gasteiger partial charge is 0.375 e. The Hall–Kier alpha value is -1.71. The molecule has 3 nitrogen and oxygen atoms in total. The Kier molecular flexibility index (Phi) is 4.17. The van der Waals surface area contributed by atoms with Crippen LogP contribution < -0.4 is 0 Å². The average molecular weight is 221 g/mol. The van der Waals surface area contributed by atoms with Crippen molar-refractivity contribution >= 4 is 5.70 Å². The van der Waals surface area contributed by atoms with Crippen molar-refractivity contribution in [1.82, 2.24) is 14.9 Å². The number of aryl methyl sites for hydroxylation is 1. The topological polar surface area (TPSA) is 29.0 Å². The first-order valence-corrected chi connectivity index (χ1v) is 5.12. The highest BCUT2D eigenvalue weighted by molar-refractivity contribution is 5.59. The maximum Gasteiger partial charge on any atom is 0.176 e. The van der Waals surface area contributed by atoms with Crippen molar-refractivity contribution in [3.63, 3.8) is 0 Å². The van der Waals surface area contributed by atoms with E-state index in [1.54, 1.807) is 12.2 Å². The van der Waals surface area contributed by atoms with Crippen LogP contribution in [0.5, 0.6) is 0 Å². The lowest BCUT2D eigenvalue weighted by Gasteiger charge is -2.15. The van der Waals surface area contributed by atoms with Gasteiger partial charge in [-0.15, -0.1) is 0 Å². The third-order valence-electron chi connectivity index (χ3n) is 2.14. The zero-order valence-corrected chi connectivity index (χ0v) is 9.87. The predicted octanol–water partition coefficient (Wildman–Crippen LogP) is 2.27. The first kappa shape index (κ1) is 12.4. The Labute approximate surface area is 95.3 Å². The Morgan fingerprint density at radius 1 is 1.56 bits per heavy atom. The van der Waals surface area contributed by atoms with Crippen molar-refractivity contribution in [1.29, 1.82) is 0 Å². The molecule has 4 heteroatoms. The average Bonchev–Trinajstić information content (AvgIpc) is 2.26. The summed E-state index contributed by atoms with van der Waals surface area (Å²) in [6, 6.07) is 0. The molecule has 0 saturated carbocycles. The maximum absolute atomic E-state index is 13.2. The summed E-state index contributed by atoms with van der Waals surface area (Å²) in [4.78, 5) is 10.0. The molecule has 0 bridgehead atoms. The van der Waals surface area contributed by atoms with Gasteiger partial charge < -0.3 is 4.90 Å². The smallest absolute Gasteiger partial charge is 0.176 e. The van der Waals surface area contributed by atoms with E-state index < -0.39 is 0 Å². The van der Waals surface area contributed by atoms with Gasteiger partial charge in [0, 0.05) is 14.1 Å². The molecule has 1 heterocycles. The van der Waals surface area contributed by atoms with E-state index in [-0.39, 0.29) is 5.82 Å². The van der Waals surface area contributed by atoms with Crippen LogP contribution in [0.2, 0.25) is 0 Å². The van der Waals surface area contributed by atoms with Crippen LogP contribution >= 0.6 is 0 Å². The highest BCUT2D eigenvalue weighted by atomic mass is 19.1. The number of rotatable bonds is 4. The van der Waals surface area contributed by atoms with Gasteiger partial charge in [0.25, 0.3) is 0 Å². The summed E-state index contributed by atoms with van der Waals surface area (Å²) in [5.74, 6) is 0.158. The fourth-order valence-corrected chi connectivity index (χ4v) is 1.31. The second kappa shape index (κ2) is 5.39. The number of halogens is 1. The van der Waals surface area contributed by atoms with Gasteiger partial charge in [0.2, 0.25) is 0 Å². The zero-order chi connectivity index (χ0) is 12.1. The Balaban J connectivity index is 3.21. The summed E-state index contributed by atoms with van der Waals surface area (Å²) < 4.78 is 13.2. The molecule has 0 amide bonds. The summed E-state index contributed by atoms with van der Waals surface area (Å²) in [5, 5.41) is 0. The molecule has 0 saturated heterocycles. The summed E-state index contributed by atoms with van der Waals surface area (Å²) in [6.45, 7) is 5.50. The SMILES string of the molecule is C=C/C=C(\c1ncc(F)c(CC)n1)N(C)C. The third kappa shape index (κ3) is 2.66. The Morgan fingerprint density at radius 3 is 2.75 bits per heavy atom. The predicted molar refractivity (Wildman–Crippen MR) is 63.2 cm³/mol. The molecule has 1 aromatic heterocycles. The minimum absolute atomic E-state index is 0.358. The van der Waals surface area contributed by atoms with Crippen LogP contribution in [0.15, 0.2) is 24.9 Å². The number of hydrogen-bond acceptors (Lipinski definition) is 3. The molecule has 0 atom stereocenters. The van der Waals surface area contributed by atoms with Gasteiger partial charge in [-0.1, -0.05) is 19.6 Å². The van der Waals surface area contributed by atoms with Gasteiger partial charge >= 0.3 is 0 Å². The number of allylic oxidation sites excluding steroid dienone is 2. The van der Waals surface area contributed by atoms with E-state index in [0.717, 1.165) is 5.70 Å². The number of nitrogens with zero attached hydrogens (tertiary/aromatic N) is 3. The van der Waals surface area contributed by atoms with Crippen LogP contribution in [0.25, 0.3) is 5.70 Å². The lowest BCUT2D eigenvalue weighted by atomic mass is 10.3. The fourth-order valence-electron chi connectivity index (χ4n) is 1.31. The second-order valence-corrected chi connectivity index (χ2v) is 3.52. The lowest BCUT2D eigenvalue weighted by molar-refractivity contribution is 0.570. The van der Waals surface area contributed by atoms with Crippen molar-refractivity contribution < 1.29 is 4.39 Å². The third-order valence-corrected chi connectivity index (χ3v) is 2.14. The van der Waals surface area contributed by atoms with Crippen LogP contribution in [0, 0.1) is 5.82 Å². The number of hydrogen-bond donors (Lipinski definition) is 0. The molecule has 0 N–H and O–H groups in total. The first-order chi connectivity index (χ1) is 7.60. The van der Waals surface area contributed by atoms with E-state index in [1.807, 2.05) is 25.9 Å². The molecule has 0 aromatic carbocycles. The van der Waals surface area contributed by atoms with Crippen molar-refractivity contribution in [2.24, 2.45) is 0 Å². The standard InChI is InChI=1S/C12H16FN3/c1-5-7-11(16(3)4)12-14-8-9(13)10(6-2)15-12/h5,7-8H,1,6H2,2-4H3/b11-7+. The van der Waals surface area contributed by atoms with Crippen LogP contribution in [-0.4, -0.2) is 29.0 Å². The van der Waals surface area contributed by atoms with E-state index >= 15 is 0 Å². The zero-order valence-electron chi connectivity index (χ0n) is 9.87. The van der Waals surface area contributed by atoms with Gasteiger partial charge in [-0.25, -0.2) is 14.4 Å². The molecule has 0 aliphatic heterocycles. The molecule has 1 aromatic rings. The lowest BCUT2D eigenvalue weighted by Crippen LogP contribution is -2.13. The summed E-state index contributed by atoms with van der Waals surface area (Å²) in [5.41, 5.74) is 1.24. The normalized spacial score (nSPS) is 11.4. The summed E-state index contributed by atoms with van der Waals surface area (Å²) in [7, 11) is 3.77. The molecular weight excluding hydrogens is 205 g/mol. The summed E-state index contributed by atoms with van der Waals surface area (Å²) in [6.07, 6.45) is 5.22. The minimum Gasteiger partial charge on any atom is -0.375 e. The van der Waals surface area contributed by atoms with Gasteiger partial charge in [-0.05, 0) is 12.5 Å². The van der Waals surface area contributed by atoms with E-state index in [1.165, 1.54) is 6.20 Å². The van der Waals surface area contributed by atoms with Gasteiger partial charge in [-0.3, -0.25) is 0 Å². The van der Waals surface area contributed by atoms with Crippen LogP contribution in [0.3, 0.4) is 0 Å². The van der Waals surface area contributed by atoms with E-state index in [2.05, 4.69) is 16.5 Å². The van der Waals surface area contributed by atoms with Crippen molar-refractivity contribution in [3.05, 3.63) is 42.3 Å². The monoisotopic (exact) mass is 221 g/mol. The van der Waals surface area contributed by atoms with Crippen molar-refractivity contribution in [3.8, 4) is 0 Å². The van der Waals surface area contributed by atoms with Crippen LogP contribution in [0.1, 0.15) is 18.4 Å². The minimum atomic E-state index is -0.358. The molecule has 86 valence electrons. The molecule has 0 fully saturated rings. The molecule has 0 radical (unpaired) electrons. The van der Waals surface area contributed by atoms with Crippen molar-refractivity contribution in [2.45, 2.75) is 13.3 Å². The van der Waals surface area contributed by atoms with Crippen molar-refractivity contribution in [2.75, 3.05) is 14.1 Å². The molecule has 0 spiro atoms. The van der Waals surface area contributed by atoms with Gasteiger partial charge in [0.1, 0.15) is 0 Å². The Morgan fingerprint density at radius 2 is 2.25 bits per heavy atom. The number of aromatic nitrogens is 2. The van der Waals surface area contributed by atoms with Gasteiger partial charge in [-0.2, -0.15) is 0 Å². The van der Waals surface area contributed by atoms with Gasteiger partial charge in [0.05, 0.1) is 17.6 Å². The van der Waals surface area contributed by atoms with E-state index in [9.17, 15) is 4.39 Å². The molecule has 0 aliphatic rings. The molecule has 1 rings (SSSR count).